The molecule has 2 aromatic rings. The van der Waals surface area contributed by atoms with Gasteiger partial charge in [-0.1, -0.05) is 31.0 Å². The topological polar surface area (TPSA) is 67.4 Å². The third kappa shape index (κ3) is 5.09. The number of benzene rings is 2. The third-order valence-corrected chi connectivity index (χ3v) is 4.53. The molecule has 2 amide bonds. The molecule has 136 valence electrons. The summed E-state index contributed by atoms with van der Waals surface area (Å²) in [6.07, 6.45) is 4.24. The Morgan fingerprint density at radius 2 is 1.46 bits per heavy atom. The van der Waals surface area contributed by atoms with E-state index >= 15 is 0 Å². The van der Waals surface area contributed by atoms with Crippen LogP contribution in [0.5, 0.6) is 11.5 Å². The lowest BCUT2D eigenvalue weighted by molar-refractivity contribution is -0.124. The molecule has 1 aliphatic rings. The molecule has 1 saturated carbocycles. The number of carbonyl (C=O) groups is 2. The maximum absolute atomic E-state index is 12.2. The van der Waals surface area contributed by atoms with Gasteiger partial charge in [0.2, 0.25) is 5.91 Å². The van der Waals surface area contributed by atoms with Crippen LogP contribution >= 0.6 is 0 Å². The van der Waals surface area contributed by atoms with Crippen molar-refractivity contribution in [1.82, 2.24) is 10.6 Å². The van der Waals surface area contributed by atoms with Gasteiger partial charge in [0.15, 0.2) is 0 Å². The molecular weight excluding hydrogens is 328 g/mol. The Morgan fingerprint density at radius 1 is 0.846 bits per heavy atom. The number of amides is 2. The van der Waals surface area contributed by atoms with Gasteiger partial charge in [0.1, 0.15) is 11.5 Å². The van der Waals surface area contributed by atoms with Gasteiger partial charge in [-0.05, 0) is 49.2 Å². The Labute approximate surface area is 153 Å². The van der Waals surface area contributed by atoms with Gasteiger partial charge in [-0.15, -0.1) is 0 Å². The lowest BCUT2D eigenvalue weighted by Crippen LogP contribution is -2.37. The Kier molecular flexibility index (Phi) is 6.25. The van der Waals surface area contributed by atoms with Gasteiger partial charge in [-0.2, -0.15) is 0 Å². The fraction of sp³-hybridized carbons (Fsp3) is 0.333. The number of hydrogen-bond donors (Lipinski definition) is 2. The van der Waals surface area contributed by atoms with E-state index in [1.807, 2.05) is 30.3 Å². The minimum absolute atomic E-state index is 0.110. The number of nitrogens with one attached hydrogen (secondary N) is 2. The minimum atomic E-state index is -0.161. The first-order valence-corrected chi connectivity index (χ1v) is 9.11. The van der Waals surface area contributed by atoms with Gasteiger partial charge in [0.05, 0.1) is 0 Å². The maximum atomic E-state index is 12.2. The molecule has 3 rings (SSSR count). The van der Waals surface area contributed by atoms with Crippen LogP contribution < -0.4 is 15.4 Å². The molecule has 0 bridgehead atoms. The van der Waals surface area contributed by atoms with Crippen LogP contribution in [0, 0.1) is 5.92 Å². The summed E-state index contributed by atoms with van der Waals surface area (Å²) in [6, 6.07) is 16.5. The summed E-state index contributed by atoms with van der Waals surface area (Å²) in [5.74, 6) is 1.53. The first kappa shape index (κ1) is 18.0. The van der Waals surface area contributed by atoms with Crippen LogP contribution in [0.1, 0.15) is 36.0 Å². The van der Waals surface area contributed by atoms with Gasteiger partial charge in [0, 0.05) is 24.6 Å². The summed E-state index contributed by atoms with van der Waals surface area (Å²) in [5.41, 5.74) is 0.563. The molecule has 1 fully saturated rings. The Morgan fingerprint density at radius 3 is 2.15 bits per heavy atom. The molecule has 2 N–H and O–H groups in total. The van der Waals surface area contributed by atoms with Gasteiger partial charge in [-0.25, -0.2) is 0 Å². The van der Waals surface area contributed by atoms with Crippen molar-refractivity contribution in [1.29, 1.82) is 0 Å². The van der Waals surface area contributed by atoms with Crippen LogP contribution in [0.3, 0.4) is 0 Å². The largest absolute Gasteiger partial charge is 0.457 e. The van der Waals surface area contributed by atoms with Crippen molar-refractivity contribution in [3.05, 3.63) is 60.2 Å². The summed E-state index contributed by atoms with van der Waals surface area (Å²) in [5, 5.41) is 5.71. The SMILES string of the molecule is O=C(NCCNC(=O)C1CCCC1)c1ccc(Oc2ccccc2)cc1. The molecule has 0 aliphatic heterocycles. The summed E-state index contributed by atoms with van der Waals surface area (Å²) in [4.78, 5) is 24.1. The zero-order valence-electron chi connectivity index (χ0n) is 14.7. The van der Waals surface area contributed by atoms with Crippen LogP contribution in [-0.4, -0.2) is 24.9 Å². The standard InChI is InChI=1S/C21H24N2O3/c24-20(16-6-4-5-7-16)22-14-15-23-21(25)17-10-12-19(13-11-17)26-18-8-2-1-3-9-18/h1-3,8-13,16H,4-7,14-15H2,(H,22,24)(H,23,25). The van der Waals surface area contributed by atoms with Crippen molar-refractivity contribution in [3.63, 3.8) is 0 Å². The third-order valence-electron chi connectivity index (χ3n) is 4.53. The van der Waals surface area contributed by atoms with E-state index in [4.69, 9.17) is 4.74 Å². The summed E-state index contributed by atoms with van der Waals surface area (Å²) < 4.78 is 5.71. The molecule has 1 aliphatic carbocycles. The Bertz CT molecular complexity index is 723. The molecular formula is C21H24N2O3. The average Bonchev–Trinajstić information content (AvgIpc) is 3.21. The first-order chi connectivity index (χ1) is 12.7. The number of ether oxygens (including phenoxy) is 1. The molecule has 0 heterocycles. The molecule has 0 spiro atoms. The van der Waals surface area contributed by atoms with E-state index in [1.54, 1.807) is 24.3 Å². The van der Waals surface area contributed by atoms with E-state index in [1.165, 1.54) is 0 Å². The Hall–Kier alpha value is -2.82. The molecule has 0 unspecified atom stereocenters. The molecule has 26 heavy (non-hydrogen) atoms. The number of hydrogen-bond acceptors (Lipinski definition) is 3. The monoisotopic (exact) mass is 352 g/mol. The molecule has 5 nitrogen and oxygen atoms in total. The van der Waals surface area contributed by atoms with Crippen molar-refractivity contribution in [3.8, 4) is 11.5 Å². The van der Waals surface area contributed by atoms with Gasteiger partial charge in [-0.3, -0.25) is 9.59 Å². The number of carbonyl (C=O) groups excluding carboxylic acids is 2. The van der Waals surface area contributed by atoms with Crippen molar-refractivity contribution >= 4 is 11.8 Å². The summed E-state index contributed by atoms with van der Waals surface area (Å²) >= 11 is 0. The van der Waals surface area contributed by atoms with E-state index in [0.717, 1.165) is 31.4 Å². The van der Waals surface area contributed by atoms with Crippen molar-refractivity contribution in [2.24, 2.45) is 5.92 Å². The lowest BCUT2D eigenvalue weighted by Gasteiger charge is -2.11. The summed E-state index contributed by atoms with van der Waals surface area (Å²) in [7, 11) is 0. The normalized spacial score (nSPS) is 14.0. The second-order valence-corrected chi connectivity index (χ2v) is 6.47. The van der Waals surface area contributed by atoms with Crippen LogP contribution in [0.2, 0.25) is 0 Å². The Balaban J connectivity index is 1.41. The van der Waals surface area contributed by atoms with Crippen molar-refractivity contribution < 1.29 is 14.3 Å². The van der Waals surface area contributed by atoms with Gasteiger partial charge < -0.3 is 15.4 Å². The highest BCUT2D eigenvalue weighted by Gasteiger charge is 2.21. The second-order valence-electron chi connectivity index (χ2n) is 6.47. The molecule has 0 aromatic heterocycles. The van der Waals surface area contributed by atoms with Crippen LogP contribution in [-0.2, 0) is 4.79 Å². The van der Waals surface area contributed by atoms with Crippen LogP contribution in [0.15, 0.2) is 54.6 Å². The fourth-order valence-electron chi connectivity index (χ4n) is 3.10. The lowest BCUT2D eigenvalue weighted by atomic mass is 10.1. The fourth-order valence-corrected chi connectivity index (χ4v) is 3.10. The zero-order valence-corrected chi connectivity index (χ0v) is 14.7. The number of para-hydroxylation sites is 1. The molecule has 0 atom stereocenters. The smallest absolute Gasteiger partial charge is 0.251 e. The second kappa shape index (κ2) is 9.04. The predicted octanol–water partition coefficient (Wildman–Crippen LogP) is 3.52. The van der Waals surface area contributed by atoms with E-state index in [9.17, 15) is 9.59 Å². The molecule has 0 saturated heterocycles. The highest BCUT2D eigenvalue weighted by Crippen LogP contribution is 2.24. The first-order valence-electron chi connectivity index (χ1n) is 9.11. The van der Waals surface area contributed by atoms with Crippen LogP contribution in [0.25, 0.3) is 0 Å². The van der Waals surface area contributed by atoms with E-state index in [2.05, 4.69) is 10.6 Å². The number of rotatable bonds is 7. The zero-order chi connectivity index (χ0) is 18.2. The van der Waals surface area contributed by atoms with Crippen molar-refractivity contribution in [2.45, 2.75) is 25.7 Å². The van der Waals surface area contributed by atoms with E-state index in [-0.39, 0.29) is 17.7 Å². The van der Waals surface area contributed by atoms with Gasteiger partial charge in [0.25, 0.3) is 5.91 Å². The summed E-state index contributed by atoms with van der Waals surface area (Å²) in [6.45, 7) is 0.871. The molecule has 0 radical (unpaired) electrons. The van der Waals surface area contributed by atoms with Crippen molar-refractivity contribution in [2.75, 3.05) is 13.1 Å². The van der Waals surface area contributed by atoms with Gasteiger partial charge >= 0.3 is 0 Å². The average molecular weight is 352 g/mol. The van der Waals surface area contributed by atoms with Crippen LogP contribution in [0.4, 0.5) is 0 Å². The minimum Gasteiger partial charge on any atom is -0.457 e. The maximum Gasteiger partial charge on any atom is 0.251 e. The molecule has 2 aromatic carbocycles. The predicted molar refractivity (Wildman–Crippen MR) is 100 cm³/mol. The quantitative estimate of drug-likeness (QED) is 0.749. The molecule has 5 heteroatoms. The van der Waals surface area contributed by atoms with E-state index in [0.29, 0.717) is 24.4 Å². The highest BCUT2D eigenvalue weighted by molar-refractivity contribution is 5.94. The van der Waals surface area contributed by atoms with E-state index < -0.39 is 0 Å². The highest BCUT2D eigenvalue weighted by atomic mass is 16.5.